The number of pyridine rings is 1. The molecule has 1 aromatic carbocycles. The number of aromatic nitrogens is 1. The fraction of sp³-hybridized carbons (Fsp3) is 0.621. The summed E-state index contributed by atoms with van der Waals surface area (Å²) in [5, 5.41) is 2.67. The van der Waals surface area contributed by atoms with Gasteiger partial charge in [-0.25, -0.2) is 0 Å². The van der Waals surface area contributed by atoms with Crippen LogP contribution in [-0.2, 0) is 0 Å². The number of fused-ring (bicyclic) bond motifs is 6. The van der Waals surface area contributed by atoms with Crippen molar-refractivity contribution in [3.63, 3.8) is 0 Å². The van der Waals surface area contributed by atoms with Gasteiger partial charge in [0.25, 0.3) is 0 Å². The molecule has 4 aliphatic rings. The van der Waals surface area contributed by atoms with Gasteiger partial charge >= 0.3 is 0 Å². The second-order valence-electron chi connectivity index (χ2n) is 11.7. The van der Waals surface area contributed by atoms with Gasteiger partial charge in [-0.05, 0) is 108 Å². The van der Waals surface area contributed by atoms with Gasteiger partial charge < -0.3 is 0 Å². The molecule has 6 rings (SSSR count). The lowest BCUT2D eigenvalue weighted by Gasteiger charge is -2.61. The summed E-state index contributed by atoms with van der Waals surface area (Å²) in [7, 11) is 0. The van der Waals surface area contributed by atoms with E-state index in [2.05, 4.69) is 56.1 Å². The molecule has 0 amide bonds. The van der Waals surface area contributed by atoms with Gasteiger partial charge in [0.15, 0.2) is 0 Å². The van der Waals surface area contributed by atoms with Crippen molar-refractivity contribution in [1.82, 2.24) is 4.98 Å². The van der Waals surface area contributed by atoms with E-state index in [9.17, 15) is 0 Å². The van der Waals surface area contributed by atoms with E-state index in [1.807, 2.05) is 12.4 Å². The lowest BCUT2D eigenvalue weighted by molar-refractivity contribution is -0.103. The van der Waals surface area contributed by atoms with Crippen LogP contribution in [0.1, 0.15) is 77.7 Å². The van der Waals surface area contributed by atoms with Crippen LogP contribution in [0.25, 0.3) is 16.3 Å². The number of rotatable bonds is 1. The van der Waals surface area contributed by atoms with Crippen molar-refractivity contribution in [2.45, 2.75) is 72.1 Å². The molecule has 7 atom stereocenters. The second-order valence-corrected chi connectivity index (χ2v) is 11.7. The maximum absolute atomic E-state index is 4.37. The zero-order valence-corrected chi connectivity index (χ0v) is 19.0. The van der Waals surface area contributed by atoms with Crippen LogP contribution in [0.5, 0.6) is 0 Å². The lowest BCUT2D eigenvalue weighted by Crippen LogP contribution is -2.52. The maximum atomic E-state index is 4.37. The average Bonchev–Trinajstić information content (AvgIpc) is 3.11. The number of allylic oxidation sites excluding steroid dienone is 2. The van der Waals surface area contributed by atoms with Crippen LogP contribution in [0, 0.1) is 40.4 Å². The number of hydrogen-bond donors (Lipinski definition) is 0. The van der Waals surface area contributed by atoms with Crippen LogP contribution >= 0.6 is 0 Å². The molecule has 30 heavy (non-hydrogen) atoms. The van der Waals surface area contributed by atoms with Crippen molar-refractivity contribution in [3.05, 3.63) is 48.3 Å². The van der Waals surface area contributed by atoms with Crippen molar-refractivity contribution in [3.8, 4) is 0 Å². The van der Waals surface area contributed by atoms with E-state index < -0.39 is 0 Å². The van der Waals surface area contributed by atoms with Crippen molar-refractivity contribution in [2.75, 3.05) is 0 Å². The molecule has 1 heterocycles. The summed E-state index contributed by atoms with van der Waals surface area (Å²) in [6.45, 7) is 7.81. The minimum Gasteiger partial charge on any atom is -0.264 e. The van der Waals surface area contributed by atoms with E-state index in [0.29, 0.717) is 10.8 Å². The average molecular weight is 400 g/mol. The lowest BCUT2D eigenvalue weighted by atomic mass is 9.44. The zero-order valence-electron chi connectivity index (χ0n) is 19.0. The molecule has 2 aromatic rings. The Labute approximate surface area is 182 Å². The number of nitrogens with zero attached hydrogens (tertiary/aromatic N) is 1. The first kappa shape index (κ1) is 19.1. The van der Waals surface area contributed by atoms with Crippen molar-refractivity contribution in [1.29, 1.82) is 0 Å². The highest BCUT2D eigenvalue weighted by Gasteiger charge is 2.58. The van der Waals surface area contributed by atoms with Gasteiger partial charge in [0.05, 0.1) is 0 Å². The minimum absolute atomic E-state index is 0.351. The Bertz CT molecular complexity index is 999. The minimum atomic E-state index is 0.351. The Balaban J connectivity index is 1.35. The highest BCUT2D eigenvalue weighted by molar-refractivity contribution is 5.95. The second kappa shape index (κ2) is 6.68. The van der Waals surface area contributed by atoms with E-state index in [4.69, 9.17) is 0 Å². The van der Waals surface area contributed by atoms with E-state index in [1.54, 1.807) is 5.57 Å². The van der Waals surface area contributed by atoms with E-state index in [1.165, 1.54) is 67.7 Å². The Morgan fingerprint density at radius 3 is 2.77 bits per heavy atom. The zero-order chi connectivity index (χ0) is 20.5. The first-order chi connectivity index (χ1) is 14.5. The Kier molecular flexibility index (Phi) is 4.25. The molecule has 1 heteroatoms. The maximum Gasteiger partial charge on any atom is 0.0346 e. The molecular formula is C29H37N. The Morgan fingerprint density at radius 2 is 1.87 bits per heavy atom. The van der Waals surface area contributed by atoms with Crippen molar-refractivity contribution in [2.24, 2.45) is 40.4 Å². The predicted molar refractivity (Wildman–Crippen MR) is 126 cm³/mol. The summed E-state index contributed by atoms with van der Waals surface area (Å²) < 4.78 is 0. The molecule has 3 fully saturated rings. The fourth-order valence-corrected chi connectivity index (χ4v) is 8.81. The largest absolute Gasteiger partial charge is 0.264 e. The number of benzene rings is 1. The van der Waals surface area contributed by atoms with Gasteiger partial charge in [-0.2, -0.15) is 0 Å². The van der Waals surface area contributed by atoms with Crippen LogP contribution in [-0.4, -0.2) is 4.98 Å². The molecule has 4 aliphatic carbocycles. The first-order valence-corrected chi connectivity index (χ1v) is 12.5. The molecule has 0 spiro atoms. The Hall–Kier alpha value is -1.63. The highest BCUT2D eigenvalue weighted by atomic mass is 14.6. The Morgan fingerprint density at radius 1 is 0.967 bits per heavy atom. The first-order valence-electron chi connectivity index (χ1n) is 12.5. The molecule has 0 aliphatic heterocycles. The van der Waals surface area contributed by atoms with E-state index in [0.717, 1.165) is 29.6 Å². The van der Waals surface area contributed by atoms with Gasteiger partial charge in [-0.15, -0.1) is 0 Å². The normalized spacial score (nSPS) is 42.9. The van der Waals surface area contributed by atoms with Gasteiger partial charge in [-0.3, -0.25) is 4.98 Å². The predicted octanol–water partition coefficient (Wildman–Crippen LogP) is 7.91. The topological polar surface area (TPSA) is 12.9 Å². The van der Waals surface area contributed by atoms with E-state index >= 15 is 0 Å². The molecule has 1 aromatic heterocycles. The fourth-order valence-electron chi connectivity index (χ4n) is 8.81. The van der Waals surface area contributed by atoms with Gasteiger partial charge in [0.1, 0.15) is 0 Å². The third-order valence-corrected chi connectivity index (χ3v) is 10.5. The van der Waals surface area contributed by atoms with Crippen LogP contribution in [0.3, 0.4) is 0 Å². The molecule has 0 bridgehead atoms. The third kappa shape index (κ3) is 2.56. The monoisotopic (exact) mass is 399 g/mol. The molecule has 3 saturated carbocycles. The summed E-state index contributed by atoms with van der Waals surface area (Å²) >= 11 is 0. The van der Waals surface area contributed by atoms with Crippen LogP contribution in [0.4, 0.5) is 0 Å². The molecule has 0 N–H and O–H groups in total. The summed E-state index contributed by atoms with van der Waals surface area (Å²) in [4.78, 5) is 4.37. The standard InChI is InChI=1S/C29H37N/c1-19-11-14-28(2)21(17-19)7-8-24-26-10-9-25(29(26,3)15-12-27(24)28)23-6-4-5-20-18-30-16-13-22(20)23/h4-6,9,13,16,18-19,21,24,26-27H,7-8,10-12,14-15,17H2,1-3H3/t19-,21-,24-,26-,27-,28-,29+/m0/s1. The van der Waals surface area contributed by atoms with Gasteiger partial charge in [0, 0.05) is 17.8 Å². The molecule has 1 nitrogen and oxygen atoms in total. The van der Waals surface area contributed by atoms with Crippen LogP contribution < -0.4 is 0 Å². The molecule has 0 unspecified atom stereocenters. The van der Waals surface area contributed by atoms with Crippen molar-refractivity contribution >= 4 is 16.3 Å². The van der Waals surface area contributed by atoms with E-state index in [-0.39, 0.29) is 0 Å². The molecule has 0 saturated heterocycles. The van der Waals surface area contributed by atoms with Crippen LogP contribution in [0.15, 0.2) is 42.7 Å². The highest BCUT2D eigenvalue weighted by Crippen LogP contribution is 2.68. The molecule has 0 radical (unpaired) electrons. The SMILES string of the molecule is C[C@H]1CC[C@@]2(C)[C@@H](CC[C@@H]3[C@@H]2CC[C@]2(C)C(c4cccc5cnccc45)=CC[C@@H]32)C1. The summed E-state index contributed by atoms with van der Waals surface area (Å²) in [6.07, 6.45) is 18.2. The summed E-state index contributed by atoms with van der Waals surface area (Å²) in [5.41, 5.74) is 4.09. The number of hydrogen-bond acceptors (Lipinski definition) is 1. The van der Waals surface area contributed by atoms with Gasteiger partial charge in [-0.1, -0.05) is 51.5 Å². The smallest absolute Gasteiger partial charge is 0.0346 e. The molecule has 158 valence electrons. The third-order valence-electron chi connectivity index (χ3n) is 10.5. The molecular weight excluding hydrogens is 362 g/mol. The van der Waals surface area contributed by atoms with Gasteiger partial charge in [0.2, 0.25) is 0 Å². The van der Waals surface area contributed by atoms with Crippen molar-refractivity contribution < 1.29 is 0 Å². The summed E-state index contributed by atoms with van der Waals surface area (Å²) in [6, 6.07) is 9.04. The van der Waals surface area contributed by atoms with Crippen LogP contribution in [0.2, 0.25) is 0 Å². The summed E-state index contributed by atoms with van der Waals surface area (Å²) in [5.74, 6) is 4.69. The quantitative estimate of drug-likeness (QED) is 0.475.